The average Bonchev–Trinajstić information content (AvgIpc) is 3.06. The summed E-state index contributed by atoms with van der Waals surface area (Å²) in [6.45, 7) is 3.52. The number of nitrogens with one attached hydrogen (secondary N) is 2. The van der Waals surface area contributed by atoms with E-state index in [9.17, 15) is 9.59 Å². The predicted octanol–water partition coefficient (Wildman–Crippen LogP) is 4.32. The minimum absolute atomic E-state index is 0.0731. The quantitative estimate of drug-likeness (QED) is 0.596. The molecule has 1 aromatic heterocycles. The van der Waals surface area contributed by atoms with Crippen molar-refractivity contribution in [2.24, 2.45) is 0 Å². The van der Waals surface area contributed by atoms with Crippen molar-refractivity contribution < 1.29 is 9.59 Å². The molecule has 0 fully saturated rings. The third kappa shape index (κ3) is 5.89. The zero-order chi connectivity index (χ0) is 19.9. The number of aromatic nitrogens is 1. The van der Waals surface area contributed by atoms with Crippen LogP contribution < -0.4 is 10.6 Å². The van der Waals surface area contributed by atoms with E-state index in [1.165, 1.54) is 23.8 Å². The molecule has 0 saturated carbocycles. The molecule has 1 heterocycles. The fraction of sp³-hybridized carbons (Fsp3) is 0.318. The van der Waals surface area contributed by atoms with Crippen LogP contribution in [0.5, 0.6) is 0 Å². The monoisotopic (exact) mass is 395 g/mol. The molecule has 2 N–H and O–H groups in total. The van der Waals surface area contributed by atoms with E-state index in [1.54, 1.807) is 0 Å². The smallest absolute Gasteiger partial charge is 0.223 e. The maximum absolute atomic E-state index is 12.3. The lowest BCUT2D eigenvalue weighted by Crippen LogP contribution is -2.33. The molecule has 0 spiro atoms. The van der Waals surface area contributed by atoms with Crippen LogP contribution >= 0.6 is 11.3 Å². The Balaban J connectivity index is 1.47. The molecule has 0 aliphatic carbocycles. The molecule has 0 aliphatic heterocycles. The fourth-order valence-corrected chi connectivity index (χ4v) is 4.01. The second-order valence-corrected chi connectivity index (χ2v) is 8.03. The van der Waals surface area contributed by atoms with Gasteiger partial charge in [-0.25, -0.2) is 4.98 Å². The van der Waals surface area contributed by atoms with Crippen LogP contribution in [0.15, 0.2) is 48.5 Å². The molecular formula is C22H25N3O2S. The van der Waals surface area contributed by atoms with Crippen molar-refractivity contribution >= 4 is 38.5 Å². The normalized spacial score (nSPS) is 11.9. The van der Waals surface area contributed by atoms with E-state index < -0.39 is 0 Å². The lowest BCUT2D eigenvalue weighted by molar-refractivity contribution is -0.121. The molecule has 5 nitrogen and oxygen atoms in total. The summed E-state index contributed by atoms with van der Waals surface area (Å²) in [4.78, 5) is 27.8. The van der Waals surface area contributed by atoms with Crippen LogP contribution in [0.25, 0.3) is 10.2 Å². The zero-order valence-corrected chi connectivity index (χ0v) is 17.0. The number of benzene rings is 2. The first kappa shape index (κ1) is 20.0. The summed E-state index contributed by atoms with van der Waals surface area (Å²) in [5.41, 5.74) is 3.24. The molecule has 1 atom stereocenters. The van der Waals surface area contributed by atoms with Gasteiger partial charge in [0.1, 0.15) is 0 Å². The fourth-order valence-electron chi connectivity index (χ4n) is 3.03. The maximum Gasteiger partial charge on any atom is 0.223 e. The van der Waals surface area contributed by atoms with E-state index in [4.69, 9.17) is 0 Å². The summed E-state index contributed by atoms with van der Waals surface area (Å²) in [6.07, 6.45) is 3.02. The molecular weight excluding hydrogens is 370 g/mol. The molecule has 2 amide bonds. The highest BCUT2D eigenvalue weighted by atomic mass is 32.1. The van der Waals surface area contributed by atoms with E-state index >= 15 is 0 Å². The second kappa shape index (κ2) is 9.46. The van der Waals surface area contributed by atoms with Gasteiger partial charge in [0.25, 0.3) is 0 Å². The average molecular weight is 396 g/mol. The number of nitrogens with zero attached hydrogens (tertiary/aromatic N) is 1. The van der Waals surface area contributed by atoms with Gasteiger partial charge in [0, 0.05) is 19.4 Å². The number of thiazole rings is 1. The van der Waals surface area contributed by atoms with E-state index in [-0.39, 0.29) is 17.9 Å². The van der Waals surface area contributed by atoms with Gasteiger partial charge >= 0.3 is 0 Å². The van der Waals surface area contributed by atoms with Gasteiger partial charge in [0.2, 0.25) is 11.8 Å². The van der Waals surface area contributed by atoms with Crippen LogP contribution in [0, 0.1) is 0 Å². The summed E-state index contributed by atoms with van der Waals surface area (Å²) >= 11 is 1.45. The first-order chi connectivity index (χ1) is 13.5. The van der Waals surface area contributed by atoms with Crippen molar-refractivity contribution in [3.8, 4) is 0 Å². The van der Waals surface area contributed by atoms with Gasteiger partial charge in [-0.3, -0.25) is 9.59 Å². The molecule has 0 unspecified atom stereocenters. The van der Waals surface area contributed by atoms with Crippen molar-refractivity contribution in [2.75, 3.05) is 5.32 Å². The Labute approximate surface area is 169 Å². The summed E-state index contributed by atoms with van der Waals surface area (Å²) in [7, 11) is 0. The Morgan fingerprint density at radius 1 is 1.07 bits per heavy atom. The number of aryl methyl sites for hydroxylation is 2. The van der Waals surface area contributed by atoms with Gasteiger partial charge in [-0.15, -0.1) is 0 Å². The van der Waals surface area contributed by atoms with E-state index in [0.29, 0.717) is 18.0 Å². The summed E-state index contributed by atoms with van der Waals surface area (Å²) in [5, 5.41) is 6.40. The lowest BCUT2D eigenvalue weighted by Gasteiger charge is -2.14. The molecule has 0 aliphatic rings. The van der Waals surface area contributed by atoms with Gasteiger partial charge in [0.05, 0.1) is 10.2 Å². The Bertz CT molecular complexity index is 953. The highest BCUT2D eigenvalue weighted by Gasteiger charge is 2.10. The van der Waals surface area contributed by atoms with Crippen LogP contribution in [-0.2, 0) is 22.4 Å². The van der Waals surface area contributed by atoms with Gasteiger partial charge < -0.3 is 10.6 Å². The number of hydrogen-bond donors (Lipinski definition) is 2. The minimum Gasteiger partial charge on any atom is -0.354 e. The van der Waals surface area contributed by atoms with E-state index in [2.05, 4.69) is 27.8 Å². The molecule has 146 valence electrons. The zero-order valence-electron chi connectivity index (χ0n) is 16.2. The van der Waals surface area contributed by atoms with Crippen molar-refractivity contribution in [1.82, 2.24) is 10.3 Å². The molecule has 3 rings (SSSR count). The number of carbonyl (C=O) groups excluding carboxylic acids is 2. The maximum atomic E-state index is 12.3. The van der Waals surface area contributed by atoms with Gasteiger partial charge in [0.15, 0.2) is 5.13 Å². The Morgan fingerprint density at radius 3 is 2.61 bits per heavy atom. The molecule has 28 heavy (non-hydrogen) atoms. The minimum atomic E-state index is -0.127. The topological polar surface area (TPSA) is 71.1 Å². The third-order valence-corrected chi connectivity index (χ3v) is 5.43. The standard InChI is InChI=1S/C22H25N3O2S/c1-15(8-9-17-6-4-3-5-7-17)23-21(27)13-11-18-10-12-19-20(14-18)28-22(25-19)24-16(2)26/h3-7,10,12,14-15H,8-9,11,13H2,1-2H3,(H,23,27)(H,24,25,26)/t15-/m1/s1. The summed E-state index contributed by atoms with van der Waals surface area (Å²) in [6, 6.07) is 16.4. The predicted molar refractivity (Wildman–Crippen MR) is 115 cm³/mol. The molecule has 0 radical (unpaired) electrons. The molecule has 0 saturated heterocycles. The first-order valence-corrected chi connectivity index (χ1v) is 10.3. The number of rotatable bonds is 8. The van der Waals surface area contributed by atoms with Crippen molar-refractivity contribution in [3.05, 3.63) is 59.7 Å². The van der Waals surface area contributed by atoms with Gasteiger partial charge in [-0.1, -0.05) is 47.7 Å². The molecule has 3 aromatic rings. The second-order valence-electron chi connectivity index (χ2n) is 7.00. The van der Waals surface area contributed by atoms with Crippen LogP contribution in [-0.4, -0.2) is 22.8 Å². The number of hydrogen-bond acceptors (Lipinski definition) is 4. The van der Waals surface area contributed by atoms with Crippen LogP contribution in [0.3, 0.4) is 0 Å². The van der Waals surface area contributed by atoms with Crippen molar-refractivity contribution in [1.29, 1.82) is 0 Å². The largest absolute Gasteiger partial charge is 0.354 e. The van der Waals surface area contributed by atoms with Crippen LogP contribution in [0.2, 0.25) is 0 Å². The van der Waals surface area contributed by atoms with E-state index in [1.807, 2.05) is 43.3 Å². The van der Waals surface area contributed by atoms with Crippen molar-refractivity contribution in [3.63, 3.8) is 0 Å². The molecule has 2 aromatic carbocycles. The highest BCUT2D eigenvalue weighted by Crippen LogP contribution is 2.27. The Hall–Kier alpha value is -2.73. The highest BCUT2D eigenvalue weighted by molar-refractivity contribution is 7.22. The molecule has 6 heteroatoms. The summed E-state index contributed by atoms with van der Waals surface area (Å²) < 4.78 is 1.01. The van der Waals surface area contributed by atoms with Crippen LogP contribution in [0.4, 0.5) is 5.13 Å². The van der Waals surface area contributed by atoms with Crippen molar-refractivity contribution in [2.45, 2.75) is 45.6 Å². The number of fused-ring (bicyclic) bond motifs is 1. The number of carbonyl (C=O) groups is 2. The lowest BCUT2D eigenvalue weighted by atomic mass is 10.1. The number of amides is 2. The molecule has 0 bridgehead atoms. The Kier molecular flexibility index (Phi) is 6.76. The first-order valence-electron chi connectivity index (χ1n) is 9.50. The van der Waals surface area contributed by atoms with Gasteiger partial charge in [-0.2, -0.15) is 0 Å². The SMILES string of the molecule is CC(=O)Nc1nc2ccc(CCC(=O)N[C@H](C)CCc3ccccc3)cc2s1. The van der Waals surface area contributed by atoms with E-state index in [0.717, 1.165) is 28.6 Å². The third-order valence-electron chi connectivity index (χ3n) is 4.49. The van der Waals surface area contributed by atoms with Crippen LogP contribution in [0.1, 0.15) is 37.8 Å². The number of anilines is 1. The van der Waals surface area contributed by atoms with Gasteiger partial charge in [-0.05, 0) is 49.4 Å². The Morgan fingerprint density at radius 2 is 1.86 bits per heavy atom. The summed E-state index contributed by atoms with van der Waals surface area (Å²) in [5.74, 6) is -0.0544.